The van der Waals surface area contributed by atoms with Gasteiger partial charge in [-0.25, -0.2) is 0 Å². The van der Waals surface area contributed by atoms with Crippen molar-refractivity contribution in [2.45, 2.75) is 38.5 Å². The Kier molecular flexibility index (Phi) is 3.23. The van der Waals surface area contributed by atoms with Gasteiger partial charge in [-0.15, -0.1) is 11.8 Å². The van der Waals surface area contributed by atoms with E-state index in [0.717, 1.165) is 32.5 Å². The molecule has 0 aliphatic carbocycles. The molecule has 2 rings (SSSR count). The molecule has 3 nitrogen and oxygen atoms in total. The van der Waals surface area contributed by atoms with E-state index in [1.54, 1.807) is 0 Å². The zero-order chi connectivity index (χ0) is 11.8. The molecule has 0 radical (unpaired) electrons. The summed E-state index contributed by atoms with van der Waals surface area (Å²) < 4.78 is 0. The molecule has 0 aromatic carbocycles. The molecule has 2 heterocycles. The smallest absolute Gasteiger partial charge is 0.227 e. The summed E-state index contributed by atoms with van der Waals surface area (Å²) in [6.45, 7) is 8.96. The lowest BCUT2D eigenvalue weighted by molar-refractivity contribution is -0.140. The van der Waals surface area contributed by atoms with Crippen molar-refractivity contribution < 1.29 is 4.79 Å². The number of carbonyl (C=O) groups excluding carboxylic acids is 1. The molecule has 1 N–H and O–H groups in total. The SMILES string of the molecule is CC(C)(C)C(=O)N1CCC2(CC1)NCCS2. The van der Waals surface area contributed by atoms with Crippen molar-refractivity contribution in [3.63, 3.8) is 0 Å². The molecule has 0 unspecified atom stereocenters. The van der Waals surface area contributed by atoms with Crippen molar-refractivity contribution in [3.8, 4) is 0 Å². The first-order valence-electron chi connectivity index (χ1n) is 6.11. The van der Waals surface area contributed by atoms with Crippen LogP contribution >= 0.6 is 11.8 Å². The van der Waals surface area contributed by atoms with Crippen LogP contribution in [0.15, 0.2) is 0 Å². The fourth-order valence-corrected chi connectivity index (χ4v) is 3.71. The third-order valence-corrected chi connectivity index (χ3v) is 4.94. The van der Waals surface area contributed by atoms with Gasteiger partial charge in [0.2, 0.25) is 5.91 Å². The van der Waals surface area contributed by atoms with Gasteiger partial charge in [0.25, 0.3) is 0 Å². The Hall–Kier alpha value is -0.220. The number of amides is 1. The van der Waals surface area contributed by atoms with Gasteiger partial charge in [0.1, 0.15) is 0 Å². The number of thioether (sulfide) groups is 1. The van der Waals surface area contributed by atoms with Crippen LogP contribution in [0.2, 0.25) is 0 Å². The monoisotopic (exact) mass is 242 g/mol. The van der Waals surface area contributed by atoms with E-state index < -0.39 is 0 Å². The number of nitrogens with one attached hydrogen (secondary N) is 1. The van der Waals surface area contributed by atoms with Crippen LogP contribution in [-0.4, -0.2) is 41.1 Å². The number of hydrogen-bond acceptors (Lipinski definition) is 3. The van der Waals surface area contributed by atoms with Crippen molar-refractivity contribution in [3.05, 3.63) is 0 Å². The van der Waals surface area contributed by atoms with Gasteiger partial charge in [0, 0.05) is 30.8 Å². The minimum atomic E-state index is -0.235. The van der Waals surface area contributed by atoms with Crippen LogP contribution in [-0.2, 0) is 4.79 Å². The van der Waals surface area contributed by atoms with E-state index in [1.165, 1.54) is 5.75 Å². The van der Waals surface area contributed by atoms with E-state index in [0.29, 0.717) is 5.91 Å². The Morgan fingerprint density at radius 2 is 1.94 bits per heavy atom. The number of carbonyl (C=O) groups is 1. The maximum atomic E-state index is 12.1. The van der Waals surface area contributed by atoms with Gasteiger partial charge in [-0.2, -0.15) is 0 Å². The van der Waals surface area contributed by atoms with Gasteiger partial charge in [-0.1, -0.05) is 20.8 Å². The first-order valence-corrected chi connectivity index (χ1v) is 7.10. The highest BCUT2D eigenvalue weighted by Crippen LogP contribution is 2.37. The standard InChI is InChI=1S/C12H22N2OS/c1-11(2,3)10(15)14-7-4-12(5-8-14)13-6-9-16-12/h13H,4-9H2,1-3H3. The van der Waals surface area contributed by atoms with Crippen LogP contribution in [0.25, 0.3) is 0 Å². The zero-order valence-corrected chi connectivity index (χ0v) is 11.3. The molecule has 0 aromatic rings. The lowest BCUT2D eigenvalue weighted by Crippen LogP contribution is -2.52. The van der Waals surface area contributed by atoms with E-state index >= 15 is 0 Å². The molecule has 2 fully saturated rings. The lowest BCUT2D eigenvalue weighted by atomic mass is 9.93. The largest absolute Gasteiger partial charge is 0.342 e. The lowest BCUT2D eigenvalue weighted by Gasteiger charge is -2.40. The molecular weight excluding hydrogens is 220 g/mol. The van der Waals surface area contributed by atoms with Crippen molar-refractivity contribution >= 4 is 17.7 Å². The second kappa shape index (κ2) is 4.22. The van der Waals surface area contributed by atoms with E-state index in [2.05, 4.69) is 5.32 Å². The molecule has 16 heavy (non-hydrogen) atoms. The molecule has 2 aliphatic heterocycles. The molecule has 2 aliphatic rings. The maximum absolute atomic E-state index is 12.1. The van der Waals surface area contributed by atoms with Crippen LogP contribution in [0, 0.1) is 5.41 Å². The fourth-order valence-electron chi connectivity index (χ4n) is 2.44. The molecule has 0 atom stereocenters. The third kappa shape index (κ3) is 2.38. The molecule has 92 valence electrons. The van der Waals surface area contributed by atoms with Gasteiger partial charge >= 0.3 is 0 Å². The van der Waals surface area contributed by atoms with Gasteiger partial charge < -0.3 is 10.2 Å². The summed E-state index contributed by atoms with van der Waals surface area (Å²) in [5, 5.41) is 3.60. The second-order valence-electron chi connectivity index (χ2n) is 5.81. The first kappa shape index (κ1) is 12.2. The van der Waals surface area contributed by atoms with E-state index in [9.17, 15) is 4.79 Å². The molecule has 1 amide bonds. The minimum absolute atomic E-state index is 0.235. The summed E-state index contributed by atoms with van der Waals surface area (Å²) in [5.74, 6) is 1.51. The highest BCUT2D eigenvalue weighted by atomic mass is 32.2. The highest BCUT2D eigenvalue weighted by molar-refractivity contribution is 8.00. The average Bonchev–Trinajstić information content (AvgIpc) is 2.66. The number of likely N-dealkylation sites (tertiary alicyclic amines) is 1. The molecule has 4 heteroatoms. The summed E-state index contributed by atoms with van der Waals surface area (Å²) in [6.07, 6.45) is 2.19. The summed E-state index contributed by atoms with van der Waals surface area (Å²) >= 11 is 2.04. The Bertz CT molecular complexity index is 269. The van der Waals surface area contributed by atoms with Crippen LogP contribution in [0.5, 0.6) is 0 Å². The van der Waals surface area contributed by atoms with Crippen LogP contribution in [0.3, 0.4) is 0 Å². The van der Waals surface area contributed by atoms with Gasteiger partial charge in [-0.3, -0.25) is 4.79 Å². The fraction of sp³-hybridized carbons (Fsp3) is 0.917. The van der Waals surface area contributed by atoms with Crippen LogP contribution in [0.1, 0.15) is 33.6 Å². The Labute approximate surface area is 102 Å². The van der Waals surface area contributed by atoms with Crippen LogP contribution in [0.4, 0.5) is 0 Å². The number of nitrogens with zero attached hydrogens (tertiary/aromatic N) is 1. The quantitative estimate of drug-likeness (QED) is 0.701. The first-order chi connectivity index (χ1) is 7.43. The highest BCUT2D eigenvalue weighted by Gasteiger charge is 2.40. The van der Waals surface area contributed by atoms with E-state index in [4.69, 9.17) is 0 Å². The topological polar surface area (TPSA) is 32.3 Å². The molecule has 1 spiro atoms. The normalized spacial score (nSPS) is 25.1. The summed E-state index contributed by atoms with van der Waals surface area (Å²) in [7, 11) is 0. The Morgan fingerprint density at radius 1 is 1.31 bits per heavy atom. The molecule has 0 bridgehead atoms. The van der Waals surface area contributed by atoms with Crippen molar-refractivity contribution in [2.75, 3.05) is 25.4 Å². The Balaban J connectivity index is 1.92. The summed E-state index contributed by atoms with van der Waals surface area (Å²) in [6, 6.07) is 0. The molecular formula is C12H22N2OS. The van der Waals surface area contributed by atoms with Gasteiger partial charge in [0.15, 0.2) is 0 Å². The van der Waals surface area contributed by atoms with Crippen molar-refractivity contribution in [1.29, 1.82) is 0 Å². The summed E-state index contributed by atoms with van der Waals surface area (Å²) in [5.41, 5.74) is -0.235. The predicted molar refractivity (Wildman–Crippen MR) is 68.5 cm³/mol. The Morgan fingerprint density at radius 3 is 2.38 bits per heavy atom. The average molecular weight is 242 g/mol. The summed E-state index contributed by atoms with van der Waals surface area (Å²) in [4.78, 5) is 14.4. The molecule has 0 saturated carbocycles. The number of rotatable bonds is 0. The second-order valence-corrected chi connectivity index (χ2v) is 7.29. The minimum Gasteiger partial charge on any atom is -0.342 e. The van der Waals surface area contributed by atoms with Crippen molar-refractivity contribution in [1.82, 2.24) is 10.2 Å². The predicted octanol–water partition coefficient (Wildman–Crippen LogP) is 1.69. The molecule has 0 aromatic heterocycles. The van der Waals surface area contributed by atoms with Gasteiger partial charge in [0.05, 0.1) is 4.87 Å². The molecule has 2 saturated heterocycles. The number of piperidine rings is 1. The zero-order valence-electron chi connectivity index (χ0n) is 10.5. The maximum Gasteiger partial charge on any atom is 0.227 e. The van der Waals surface area contributed by atoms with Crippen molar-refractivity contribution in [2.24, 2.45) is 5.41 Å². The third-order valence-electron chi connectivity index (χ3n) is 3.43. The van der Waals surface area contributed by atoms with E-state index in [1.807, 2.05) is 37.4 Å². The van der Waals surface area contributed by atoms with Crippen LogP contribution < -0.4 is 5.32 Å². The van der Waals surface area contributed by atoms with Gasteiger partial charge in [-0.05, 0) is 12.8 Å². The van der Waals surface area contributed by atoms with E-state index in [-0.39, 0.29) is 10.3 Å². The number of hydrogen-bond donors (Lipinski definition) is 1.